The molecule has 1 aliphatic heterocycles. The number of carbonyl (C=O) groups excluding carboxylic acids is 2. The van der Waals surface area contributed by atoms with Gasteiger partial charge in [-0.15, -0.1) is 0 Å². The number of aliphatic hydroxyl groups is 1. The van der Waals surface area contributed by atoms with Gasteiger partial charge in [0.05, 0.1) is 5.52 Å². The molecule has 10 nitrogen and oxygen atoms in total. The normalized spacial score (nSPS) is 15.9. The Balaban J connectivity index is 1.65. The molecule has 3 N–H and O–H groups in total. The summed E-state index contributed by atoms with van der Waals surface area (Å²) in [6.45, 7) is 2.12. The number of fused-ring (bicyclic) bond motifs is 1. The molecule has 2 heterocycles. The molecule has 11 heteroatoms. The molecule has 0 spiro atoms. The number of carbonyl (C=O) groups is 2. The smallest absolute Gasteiger partial charge is 0.264 e. The fourth-order valence-corrected chi connectivity index (χ4v) is 4.64. The van der Waals surface area contributed by atoms with Crippen LogP contribution in [0.5, 0.6) is 0 Å². The van der Waals surface area contributed by atoms with E-state index >= 15 is 0 Å². The standard InChI is InChI=1S/C24H28N4O6S/c1-24(23(31)26-32,35(2,33)34)11-14-28-16-20-15-19(7-8-21(20)25-28)6-4-3-5-18-9-12-27(13-10-18)22(30)17-29/h7-8,15-16,18,29,32H,9-14,17H2,1-2H3,(H,26,31). The third-order valence-electron chi connectivity index (χ3n) is 6.30. The zero-order valence-electron chi connectivity index (χ0n) is 19.6. The van der Waals surface area contributed by atoms with Crippen LogP contribution in [0.1, 0.15) is 31.7 Å². The monoisotopic (exact) mass is 500 g/mol. The van der Waals surface area contributed by atoms with Crippen molar-refractivity contribution in [1.82, 2.24) is 20.2 Å². The quantitative estimate of drug-likeness (QED) is 0.295. The van der Waals surface area contributed by atoms with E-state index < -0.39 is 27.1 Å². The number of nitrogens with one attached hydrogen (secondary N) is 1. The van der Waals surface area contributed by atoms with Gasteiger partial charge >= 0.3 is 0 Å². The molecule has 1 aromatic heterocycles. The first-order valence-corrected chi connectivity index (χ1v) is 13.0. The van der Waals surface area contributed by atoms with Gasteiger partial charge in [0.2, 0.25) is 5.91 Å². The second-order valence-electron chi connectivity index (χ2n) is 8.69. The highest BCUT2D eigenvalue weighted by Crippen LogP contribution is 2.23. The van der Waals surface area contributed by atoms with Crippen LogP contribution in [-0.2, 0) is 26.0 Å². The summed E-state index contributed by atoms with van der Waals surface area (Å²) in [5.74, 6) is 10.8. The van der Waals surface area contributed by atoms with Crippen LogP contribution in [0.4, 0.5) is 0 Å². The molecule has 1 aromatic carbocycles. The van der Waals surface area contributed by atoms with E-state index in [1.807, 2.05) is 12.1 Å². The highest BCUT2D eigenvalue weighted by molar-refractivity contribution is 7.92. The van der Waals surface area contributed by atoms with Gasteiger partial charge in [0, 0.05) is 49.0 Å². The van der Waals surface area contributed by atoms with Gasteiger partial charge in [0.15, 0.2) is 14.6 Å². The zero-order chi connectivity index (χ0) is 25.6. The average Bonchev–Trinajstić information content (AvgIpc) is 3.26. The lowest BCUT2D eigenvalue weighted by atomic mass is 9.97. The molecule has 2 amide bonds. The number of aromatic nitrogens is 2. The minimum atomic E-state index is -3.78. The van der Waals surface area contributed by atoms with Crippen LogP contribution in [0, 0.1) is 29.6 Å². The third-order valence-corrected chi connectivity index (χ3v) is 8.32. The van der Waals surface area contributed by atoms with Gasteiger partial charge in [-0.2, -0.15) is 5.10 Å². The van der Waals surface area contributed by atoms with Crippen LogP contribution in [0.25, 0.3) is 10.9 Å². The number of hydrogen-bond acceptors (Lipinski definition) is 7. The highest BCUT2D eigenvalue weighted by Gasteiger charge is 2.43. The second-order valence-corrected chi connectivity index (χ2v) is 11.1. The Labute approximate surface area is 204 Å². The van der Waals surface area contributed by atoms with Crippen molar-refractivity contribution in [3.8, 4) is 23.7 Å². The Bertz CT molecular complexity index is 1340. The molecule has 1 saturated heterocycles. The van der Waals surface area contributed by atoms with Crippen molar-refractivity contribution in [3.63, 3.8) is 0 Å². The van der Waals surface area contributed by atoms with E-state index in [1.165, 1.54) is 12.4 Å². The number of amides is 2. The fraction of sp³-hybridized carbons (Fsp3) is 0.458. The van der Waals surface area contributed by atoms with Crippen molar-refractivity contribution >= 4 is 32.6 Å². The molecule has 0 bridgehead atoms. The van der Waals surface area contributed by atoms with E-state index in [0.29, 0.717) is 18.6 Å². The largest absolute Gasteiger partial charge is 0.387 e. The Morgan fingerprint density at radius 2 is 1.97 bits per heavy atom. The van der Waals surface area contributed by atoms with E-state index in [0.717, 1.165) is 30.0 Å². The summed E-state index contributed by atoms with van der Waals surface area (Å²) in [7, 11) is -3.78. The first-order valence-electron chi connectivity index (χ1n) is 11.1. The average molecular weight is 501 g/mol. The van der Waals surface area contributed by atoms with Gasteiger partial charge in [-0.3, -0.25) is 19.5 Å². The minimum Gasteiger partial charge on any atom is -0.387 e. The lowest BCUT2D eigenvalue weighted by Gasteiger charge is -2.29. The van der Waals surface area contributed by atoms with E-state index in [1.54, 1.807) is 21.8 Å². The SMILES string of the molecule is CC(CCn1cc2cc(C#CC#CC3CCN(C(=O)CO)CC3)ccc2n1)(C(=O)NO)S(C)(=O)=O. The van der Waals surface area contributed by atoms with Gasteiger partial charge in [0.1, 0.15) is 6.61 Å². The number of aliphatic hydroxyl groups excluding tert-OH is 1. The molecule has 1 aliphatic rings. The minimum absolute atomic E-state index is 0.0679. The molecule has 3 rings (SSSR count). The van der Waals surface area contributed by atoms with Crippen molar-refractivity contribution in [3.05, 3.63) is 30.0 Å². The number of likely N-dealkylation sites (tertiary alicyclic amines) is 1. The van der Waals surface area contributed by atoms with Crippen LogP contribution in [0.15, 0.2) is 24.4 Å². The van der Waals surface area contributed by atoms with Crippen LogP contribution in [0.2, 0.25) is 0 Å². The van der Waals surface area contributed by atoms with Crippen molar-refractivity contribution in [1.29, 1.82) is 0 Å². The number of piperidine rings is 1. The van der Waals surface area contributed by atoms with Gasteiger partial charge in [-0.05, 0) is 56.2 Å². The second kappa shape index (κ2) is 10.9. The molecular weight excluding hydrogens is 472 g/mol. The predicted molar refractivity (Wildman–Crippen MR) is 129 cm³/mol. The lowest BCUT2D eigenvalue weighted by molar-refractivity contribution is -0.135. The first-order chi connectivity index (χ1) is 16.6. The van der Waals surface area contributed by atoms with Crippen LogP contribution in [0.3, 0.4) is 0 Å². The molecule has 2 aromatic rings. The predicted octanol–water partition coefficient (Wildman–Crippen LogP) is 0.321. The summed E-state index contributed by atoms with van der Waals surface area (Å²) in [5.41, 5.74) is 2.88. The van der Waals surface area contributed by atoms with Gasteiger partial charge in [-0.25, -0.2) is 13.9 Å². The van der Waals surface area contributed by atoms with Gasteiger partial charge < -0.3 is 10.0 Å². The summed E-state index contributed by atoms with van der Waals surface area (Å²) >= 11 is 0. The van der Waals surface area contributed by atoms with Crippen molar-refractivity contribution in [2.24, 2.45) is 5.92 Å². The number of aryl methyl sites for hydroxylation is 1. The molecular formula is C24H28N4O6S. The molecule has 1 unspecified atom stereocenters. The van der Waals surface area contributed by atoms with Crippen molar-refractivity contribution < 1.29 is 28.3 Å². The van der Waals surface area contributed by atoms with E-state index in [-0.39, 0.29) is 24.8 Å². The maximum absolute atomic E-state index is 12.1. The Hall–Kier alpha value is -3.38. The molecule has 0 aliphatic carbocycles. The molecule has 186 valence electrons. The number of hydroxylamine groups is 1. The number of hydrogen-bond donors (Lipinski definition) is 3. The zero-order valence-corrected chi connectivity index (χ0v) is 20.4. The van der Waals surface area contributed by atoms with E-state index in [2.05, 4.69) is 28.8 Å². The molecule has 35 heavy (non-hydrogen) atoms. The fourth-order valence-electron chi connectivity index (χ4n) is 3.80. The maximum atomic E-state index is 12.1. The summed E-state index contributed by atoms with van der Waals surface area (Å²) in [6.07, 6.45) is 4.14. The number of benzene rings is 1. The summed E-state index contributed by atoms with van der Waals surface area (Å²) in [6, 6.07) is 5.46. The summed E-state index contributed by atoms with van der Waals surface area (Å²) < 4.78 is 24.0. The first kappa shape index (κ1) is 26.2. The summed E-state index contributed by atoms with van der Waals surface area (Å²) in [4.78, 5) is 25.1. The third kappa shape index (κ3) is 6.20. The number of rotatable bonds is 6. The van der Waals surface area contributed by atoms with Crippen molar-refractivity contribution in [2.45, 2.75) is 37.5 Å². The Kier molecular flexibility index (Phi) is 8.18. The summed E-state index contributed by atoms with van der Waals surface area (Å²) in [5, 5.41) is 23.1. The Morgan fingerprint density at radius 3 is 2.60 bits per heavy atom. The number of nitrogens with zero attached hydrogens (tertiary/aromatic N) is 3. The lowest BCUT2D eigenvalue weighted by Crippen LogP contribution is -2.49. The molecule has 0 saturated carbocycles. The van der Waals surface area contributed by atoms with Crippen molar-refractivity contribution in [2.75, 3.05) is 26.0 Å². The van der Waals surface area contributed by atoms with Gasteiger partial charge in [-0.1, -0.05) is 11.8 Å². The topological polar surface area (TPSA) is 142 Å². The van der Waals surface area contributed by atoms with E-state index in [9.17, 15) is 18.0 Å². The van der Waals surface area contributed by atoms with Crippen LogP contribution >= 0.6 is 0 Å². The molecule has 1 fully saturated rings. The van der Waals surface area contributed by atoms with Crippen LogP contribution in [-0.4, -0.2) is 75.9 Å². The van der Waals surface area contributed by atoms with E-state index in [4.69, 9.17) is 10.3 Å². The van der Waals surface area contributed by atoms with Crippen LogP contribution < -0.4 is 5.48 Å². The maximum Gasteiger partial charge on any atom is 0.264 e. The van der Waals surface area contributed by atoms with Gasteiger partial charge in [0.25, 0.3) is 5.91 Å². The number of sulfone groups is 1. The Morgan fingerprint density at radius 1 is 1.26 bits per heavy atom. The molecule has 1 atom stereocenters. The highest BCUT2D eigenvalue weighted by atomic mass is 32.2. The molecule has 0 radical (unpaired) electrons.